The SMILES string of the molecule is CCCCCCCOC(=O)CCC(=O)OCc1cccc(OC)c1. The summed E-state index contributed by atoms with van der Waals surface area (Å²) < 4.78 is 15.4. The van der Waals surface area contributed by atoms with Crippen molar-refractivity contribution in [1.29, 1.82) is 0 Å². The summed E-state index contributed by atoms with van der Waals surface area (Å²) in [6.07, 6.45) is 5.63. The topological polar surface area (TPSA) is 61.8 Å². The molecule has 1 aromatic rings. The molecule has 0 aliphatic rings. The van der Waals surface area contributed by atoms with E-state index >= 15 is 0 Å². The van der Waals surface area contributed by atoms with E-state index in [2.05, 4.69) is 6.92 Å². The highest BCUT2D eigenvalue weighted by Gasteiger charge is 2.09. The van der Waals surface area contributed by atoms with Crippen molar-refractivity contribution >= 4 is 11.9 Å². The summed E-state index contributed by atoms with van der Waals surface area (Å²) in [5.74, 6) is -0.0346. The van der Waals surface area contributed by atoms with Crippen LogP contribution in [0, 0.1) is 0 Å². The Morgan fingerprint density at radius 1 is 0.958 bits per heavy atom. The quantitative estimate of drug-likeness (QED) is 0.426. The number of esters is 2. The van der Waals surface area contributed by atoms with E-state index < -0.39 is 5.97 Å². The summed E-state index contributed by atoms with van der Waals surface area (Å²) in [4.78, 5) is 23.2. The van der Waals surface area contributed by atoms with E-state index in [4.69, 9.17) is 14.2 Å². The molecule has 0 aliphatic heterocycles. The van der Waals surface area contributed by atoms with Crippen molar-refractivity contribution in [1.82, 2.24) is 0 Å². The van der Waals surface area contributed by atoms with Gasteiger partial charge in [-0.05, 0) is 24.1 Å². The van der Waals surface area contributed by atoms with Crippen LogP contribution in [0.2, 0.25) is 0 Å². The third kappa shape index (κ3) is 9.18. The zero-order chi connectivity index (χ0) is 17.6. The highest BCUT2D eigenvalue weighted by Crippen LogP contribution is 2.13. The molecule has 0 N–H and O–H groups in total. The zero-order valence-corrected chi connectivity index (χ0v) is 14.7. The normalized spacial score (nSPS) is 10.2. The highest BCUT2D eigenvalue weighted by molar-refractivity contribution is 5.77. The fraction of sp³-hybridized carbons (Fsp3) is 0.579. The van der Waals surface area contributed by atoms with Gasteiger partial charge in [-0.1, -0.05) is 44.7 Å². The monoisotopic (exact) mass is 336 g/mol. The maximum absolute atomic E-state index is 11.7. The molecule has 0 spiro atoms. The van der Waals surface area contributed by atoms with Gasteiger partial charge in [-0.15, -0.1) is 0 Å². The van der Waals surface area contributed by atoms with E-state index in [-0.39, 0.29) is 25.4 Å². The second-order valence-electron chi connectivity index (χ2n) is 5.65. The number of carbonyl (C=O) groups is 2. The molecule has 0 bridgehead atoms. The van der Waals surface area contributed by atoms with Crippen LogP contribution in [0.15, 0.2) is 24.3 Å². The van der Waals surface area contributed by atoms with Gasteiger partial charge < -0.3 is 14.2 Å². The molecule has 24 heavy (non-hydrogen) atoms. The van der Waals surface area contributed by atoms with E-state index in [1.807, 2.05) is 18.2 Å². The lowest BCUT2D eigenvalue weighted by Crippen LogP contribution is -2.11. The van der Waals surface area contributed by atoms with Gasteiger partial charge in [0.2, 0.25) is 0 Å². The smallest absolute Gasteiger partial charge is 0.306 e. The Morgan fingerprint density at radius 3 is 2.38 bits per heavy atom. The first kappa shape index (κ1) is 20.0. The Bertz CT molecular complexity index is 498. The molecule has 0 saturated carbocycles. The lowest BCUT2D eigenvalue weighted by molar-refractivity contribution is -0.151. The van der Waals surface area contributed by atoms with Gasteiger partial charge in [-0.2, -0.15) is 0 Å². The summed E-state index contributed by atoms with van der Waals surface area (Å²) in [6, 6.07) is 7.31. The summed E-state index contributed by atoms with van der Waals surface area (Å²) in [5, 5.41) is 0. The van der Waals surface area contributed by atoms with Crippen LogP contribution in [0.5, 0.6) is 5.75 Å². The molecule has 134 valence electrons. The van der Waals surface area contributed by atoms with Crippen LogP contribution in [-0.4, -0.2) is 25.7 Å². The van der Waals surface area contributed by atoms with Crippen LogP contribution in [0.3, 0.4) is 0 Å². The van der Waals surface area contributed by atoms with Crippen LogP contribution in [-0.2, 0) is 25.7 Å². The maximum Gasteiger partial charge on any atom is 0.306 e. The number of ether oxygens (including phenoxy) is 3. The average Bonchev–Trinajstić information content (AvgIpc) is 2.61. The first-order valence-corrected chi connectivity index (χ1v) is 8.60. The van der Waals surface area contributed by atoms with Gasteiger partial charge in [0.05, 0.1) is 26.6 Å². The van der Waals surface area contributed by atoms with Crippen LogP contribution in [0.4, 0.5) is 0 Å². The fourth-order valence-electron chi connectivity index (χ4n) is 2.17. The Labute approximate surface area is 144 Å². The second kappa shape index (κ2) is 12.4. The van der Waals surface area contributed by atoms with Gasteiger partial charge in [-0.3, -0.25) is 9.59 Å². The number of methoxy groups -OCH3 is 1. The molecule has 0 atom stereocenters. The highest BCUT2D eigenvalue weighted by atomic mass is 16.5. The van der Waals surface area contributed by atoms with Crippen molar-refractivity contribution in [3.8, 4) is 5.75 Å². The Morgan fingerprint density at radius 2 is 1.67 bits per heavy atom. The predicted molar refractivity (Wildman–Crippen MR) is 91.7 cm³/mol. The molecular formula is C19H28O5. The number of benzene rings is 1. The van der Waals surface area contributed by atoms with Crippen molar-refractivity contribution in [2.75, 3.05) is 13.7 Å². The summed E-state index contributed by atoms with van der Waals surface area (Å²) in [7, 11) is 1.58. The maximum atomic E-state index is 11.7. The van der Waals surface area contributed by atoms with E-state index in [0.29, 0.717) is 12.4 Å². The number of unbranched alkanes of at least 4 members (excludes halogenated alkanes) is 4. The molecule has 0 unspecified atom stereocenters. The standard InChI is InChI=1S/C19H28O5/c1-3-4-5-6-7-13-23-18(20)11-12-19(21)24-15-16-9-8-10-17(14-16)22-2/h8-10,14H,3-7,11-13,15H2,1-2H3. The number of hydrogen-bond acceptors (Lipinski definition) is 5. The van der Waals surface area contributed by atoms with Gasteiger partial charge >= 0.3 is 11.9 Å². The first-order valence-electron chi connectivity index (χ1n) is 8.60. The molecule has 0 radical (unpaired) electrons. The lowest BCUT2D eigenvalue weighted by atomic mass is 10.2. The van der Waals surface area contributed by atoms with Crippen molar-refractivity contribution in [2.24, 2.45) is 0 Å². The minimum absolute atomic E-state index is 0.0403. The van der Waals surface area contributed by atoms with E-state index in [9.17, 15) is 9.59 Å². The van der Waals surface area contributed by atoms with Crippen LogP contribution < -0.4 is 4.74 Å². The van der Waals surface area contributed by atoms with Crippen LogP contribution in [0.25, 0.3) is 0 Å². The second-order valence-corrected chi connectivity index (χ2v) is 5.65. The fourth-order valence-corrected chi connectivity index (χ4v) is 2.17. The Hall–Kier alpha value is -2.04. The molecule has 5 nitrogen and oxygen atoms in total. The van der Waals surface area contributed by atoms with E-state index in [1.165, 1.54) is 19.3 Å². The zero-order valence-electron chi connectivity index (χ0n) is 14.7. The van der Waals surface area contributed by atoms with Gasteiger partial charge in [0.15, 0.2) is 0 Å². The Balaban J connectivity index is 2.11. The van der Waals surface area contributed by atoms with Crippen LogP contribution in [0.1, 0.15) is 57.4 Å². The lowest BCUT2D eigenvalue weighted by Gasteiger charge is -2.07. The van der Waals surface area contributed by atoms with Crippen molar-refractivity contribution < 1.29 is 23.8 Å². The number of hydrogen-bond donors (Lipinski definition) is 0. The third-order valence-electron chi connectivity index (χ3n) is 3.58. The minimum atomic E-state index is -0.405. The Kier molecular flexibility index (Phi) is 10.3. The van der Waals surface area contributed by atoms with Gasteiger partial charge in [-0.25, -0.2) is 0 Å². The van der Waals surface area contributed by atoms with E-state index in [0.717, 1.165) is 18.4 Å². The number of rotatable bonds is 12. The molecule has 1 rings (SSSR count). The van der Waals surface area contributed by atoms with Crippen molar-refractivity contribution in [3.63, 3.8) is 0 Å². The molecule has 0 aromatic heterocycles. The summed E-state index contributed by atoms with van der Waals surface area (Å²) in [5.41, 5.74) is 0.845. The van der Waals surface area contributed by atoms with Gasteiger partial charge in [0.25, 0.3) is 0 Å². The molecular weight excluding hydrogens is 308 g/mol. The molecule has 0 fully saturated rings. The van der Waals surface area contributed by atoms with Crippen LogP contribution >= 0.6 is 0 Å². The molecule has 0 saturated heterocycles. The minimum Gasteiger partial charge on any atom is -0.497 e. The first-order chi connectivity index (χ1) is 11.7. The average molecular weight is 336 g/mol. The van der Waals surface area contributed by atoms with Gasteiger partial charge in [0, 0.05) is 0 Å². The molecule has 0 heterocycles. The largest absolute Gasteiger partial charge is 0.497 e. The summed E-state index contributed by atoms with van der Waals surface area (Å²) >= 11 is 0. The number of carbonyl (C=O) groups excluding carboxylic acids is 2. The molecule has 0 aliphatic carbocycles. The third-order valence-corrected chi connectivity index (χ3v) is 3.58. The predicted octanol–water partition coefficient (Wildman–Crippen LogP) is 4.03. The van der Waals surface area contributed by atoms with Gasteiger partial charge in [0.1, 0.15) is 12.4 Å². The molecule has 0 amide bonds. The molecule has 5 heteroatoms. The van der Waals surface area contributed by atoms with Crippen molar-refractivity contribution in [2.45, 2.75) is 58.5 Å². The van der Waals surface area contributed by atoms with Crippen molar-refractivity contribution in [3.05, 3.63) is 29.8 Å². The summed E-state index contributed by atoms with van der Waals surface area (Å²) in [6.45, 7) is 2.76. The van der Waals surface area contributed by atoms with E-state index in [1.54, 1.807) is 13.2 Å². The molecule has 1 aromatic carbocycles.